The van der Waals surface area contributed by atoms with Gasteiger partial charge in [-0.05, 0) is 36.1 Å². The van der Waals surface area contributed by atoms with Crippen molar-refractivity contribution in [3.05, 3.63) is 54.2 Å². The summed E-state index contributed by atoms with van der Waals surface area (Å²) in [4.78, 5) is 15.6. The molecule has 2 N–H and O–H groups in total. The molecule has 0 saturated heterocycles. The van der Waals surface area contributed by atoms with Crippen molar-refractivity contribution < 1.29 is 9.90 Å². The lowest BCUT2D eigenvalue weighted by molar-refractivity contribution is -0.140. The third kappa shape index (κ3) is 4.67. The monoisotopic (exact) mass is 298 g/mol. The summed E-state index contributed by atoms with van der Waals surface area (Å²) in [5, 5.41) is 12.4. The van der Waals surface area contributed by atoms with Crippen LogP contribution in [0.1, 0.15) is 25.8 Å². The summed E-state index contributed by atoms with van der Waals surface area (Å²) in [6.07, 6.45) is 2.39. The fraction of sp³-hybridized carbons (Fsp3) is 0.333. The topological polar surface area (TPSA) is 62.2 Å². The third-order valence-electron chi connectivity index (χ3n) is 3.45. The number of carbonyl (C=O) groups is 1. The van der Waals surface area contributed by atoms with E-state index in [1.807, 2.05) is 56.3 Å². The fourth-order valence-electron chi connectivity index (χ4n) is 2.36. The summed E-state index contributed by atoms with van der Waals surface area (Å²) in [6.45, 7) is 4.59. The van der Waals surface area contributed by atoms with E-state index in [1.54, 1.807) is 6.20 Å². The fourth-order valence-corrected chi connectivity index (χ4v) is 2.36. The summed E-state index contributed by atoms with van der Waals surface area (Å²) in [7, 11) is 0. The van der Waals surface area contributed by atoms with Gasteiger partial charge in [0, 0.05) is 18.3 Å². The first-order chi connectivity index (χ1) is 10.6. The summed E-state index contributed by atoms with van der Waals surface area (Å²) in [6, 6.07) is 13.3. The van der Waals surface area contributed by atoms with E-state index < -0.39 is 12.0 Å². The molecule has 0 aliphatic heterocycles. The number of hydrogen-bond acceptors (Lipinski definition) is 3. The maximum absolute atomic E-state index is 11.3. The number of aromatic nitrogens is 1. The summed E-state index contributed by atoms with van der Waals surface area (Å²) in [5.41, 5.74) is 3.01. The second-order valence-corrected chi connectivity index (χ2v) is 5.82. The van der Waals surface area contributed by atoms with Gasteiger partial charge in [0.25, 0.3) is 0 Å². The number of aliphatic carboxylic acids is 1. The molecule has 0 bridgehead atoms. The van der Waals surface area contributed by atoms with Gasteiger partial charge in [-0.3, -0.25) is 9.78 Å². The zero-order valence-electron chi connectivity index (χ0n) is 13.0. The summed E-state index contributed by atoms with van der Waals surface area (Å²) in [5.74, 6) is -0.456. The molecule has 0 fully saturated rings. The van der Waals surface area contributed by atoms with E-state index in [-0.39, 0.29) is 0 Å². The van der Waals surface area contributed by atoms with Crippen LogP contribution in [0.4, 0.5) is 0 Å². The molecule has 4 nitrogen and oxygen atoms in total. The molecule has 0 aliphatic carbocycles. The van der Waals surface area contributed by atoms with Crippen LogP contribution in [-0.2, 0) is 11.3 Å². The maximum atomic E-state index is 11.3. The quantitative estimate of drug-likeness (QED) is 0.823. The Bertz CT molecular complexity index is 611. The number of benzene rings is 1. The molecule has 116 valence electrons. The van der Waals surface area contributed by atoms with Gasteiger partial charge in [0.1, 0.15) is 6.04 Å². The number of rotatable bonds is 7. The highest BCUT2D eigenvalue weighted by atomic mass is 16.4. The van der Waals surface area contributed by atoms with E-state index in [9.17, 15) is 9.90 Å². The maximum Gasteiger partial charge on any atom is 0.320 e. The van der Waals surface area contributed by atoms with Crippen LogP contribution >= 0.6 is 0 Å². The Morgan fingerprint density at radius 3 is 2.68 bits per heavy atom. The highest BCUT2D eigenvalue weighted by Crippen LogP contribution is 2.18. The second-order valence-electron chi connectivity index (χ2n) is 5.82. The van der Waals surface area contributed by atoms with Gasteiger partial charge in [-0.2, -0.15) is 0 Å². The molecule has 22 heavy (non-hydrogen) atoms. The molecule has 1 aromatic carbocycles. The minimum absolute atomic E-state index is 0.341. The molecule has 0 amide bonds. The minimum atomic E-state index is -0.797. The van der Waals surface area contributed by atoms with Crippen molar-refractivity contribution in [1.82, 2.24) is 10.3 Å². The number of hydrogen-bond donors (Lipinski definition) is 2. The van der Waals surface area contributed by atoms with Gasteiger partial charge in [0.15, 0.2) is 0 Å². The van der Waals surface area contributed by atoms with Crippen molar-refractivity contribution in [2.24, 2.45) is 5.92 Å². The van der Waals surface area contributed by atoms with Crippen molar-refractivity contribution in [3.63, 3.8) is 0 Å². The van der Waals surface area contributed by atoms with Crippen molar-refractivity contribution in [2.45, 2.75) is 32.9 Å². The lowest BCUT2D eigenvalue weighted by atomic mass is 10.0. The van der Waals surface area contributed by atoms with E-state index in [4.69, 9.17) is 0 Å². The zero-order valence-corrected chi connectivity index (χ0v) is 13.0. The minimum Gasteiger partial charge on any atom is -0.480 e. The van der Waals surface area contributed by atoms with Crippen molar-refractivity contribution in [1.29, 1.82) is 0 Å². The average molecular weight is 298 g/mol. The van der Waals surface area contributed by atoms with E-state index in [1.165, 1.54) is 0 Å². The van der Waals surface area contributed by atoms with E-state index in [2.05, 4.69) is 10.3 Å². The number of carboxylic acids is 1. The molecule has 0 radical (unpaired) electrons. The molecule has 0 aliphatic rings. The molecular weight excluding hydrogens is 276 g/mol. The van der Waals surface area contributed by atoms with Gasteiger partial charge < -0.3 is 10.4 Å². The van der Waals surface area contributed by atoms with Gasteiger partial charge >= 0.3 is 5.97 Å². The smallest absolute Gasteiger partial charge is 0.320 e. The number of nitrogens with one attached hydrogen (secondary N) is 1. The Balaban J connectivity index is 2.06. The van der Waals surface area contributed by atoms with E-state index in [0.717, 1.165) is 16.8 Å². The van der Waals surface area contributed by atoms with Gasteiger partial charge in [-0.1, -0.05) is 38.1 Å². The molecule has 1 heterocycles. The largest absolute Gasteiger partial charge is 0.480 e. The number of pyridine rings is 1. The van der Waals surface area contributed by atoms with Crippen LogP contribution in [0.3, 0.4) is 0 Å². The average Bonchev–Trinajstić information content (AvgIpc) is 2.52. The number of carboxylic acid groups (broad SMARTS) is 1. The molecule has 0 saturated carbocycles. The first-order valence-corrected chi connectivity index (χ1v) is 7.53. The highest BCUT2D eigenvalue weighted by Gasteiger charge is 2.17. The van der Waals surface area contributed by atoms with Crippen molar-refractivity contribution in [3.8, 4) is 11.3 Å². The van der Waals surface area contributed by atoms with E-state index >= 15 is 0 Å². The third-order valence-corrected chi connectivity index (χ3v) is 3.45. The second kappa shape index (κ2) is 7.71. The van der Waals surface area contributed by atoms with Crippen LogP contribution in [0.25, 0.3) is 11.3 Å². The molecule has 4 heteroatoms. The van der Waals surface area contributed by atoms with Crippen LogP contribution in [0.2, 0.25) is 0 Å². The summed E-state index contributed by atoms with van der Waals surface area (Å²) >= 11 is 0. The van der Waals surface area contributed by atoms with Crippen LogP contribution in [0.15, 0.2) is 48.7 Å². The van der Waals surface area contributed by atoms with Crippen LogP contribution in [0.5, 0.6) is 0 Å². The lowest BCUT2D eigenvalue weighted by Crippen LogP contribution is -2.37. The number of nitrogens with zero attached hydrogens (tertiary/aromatic N) is 1. The predicted octanol–water partition coefficient (Wildman–Crippen LogP) is 3.34. The molecular formula is C18H22N2O2. The molecule has 1 aromatic heterocycles. The lowest BCUT2D eigenvalue weighted by Gasteiger charge is -2.16. The molecule has 1 unspecified atom stereocenters. The van der Waals surface area contributed by atoms with Crippen LogP contribution in [0, 0.1) is 5.92 Å². The van der Waals surface area contributed by atoms with Crippen LogP contribution in [-0.4, -0.2) is 22.1 Å². The van der Waals surface area contributed by atoms with Gasteiger partial charge in [0.2, 0.25) is 0 Å². The van der Waals surface area contributed by atoms with Gasteiger partial charge in [0.05, 0.1) is 5.69 Å². The first-order valence-electron chi connectivity index (χ1n) is 7.53. The highest BCUT2D eigenvalue weighted by molar-refractivity contribution is 5.73. The first kappa shape index (κ1) is 16.2. The van der Waals surface area contributed by atoms with Crippen LogP contribution < -0.4 is 5.32 Å². The Labute approximate surface area is 131 Å². The molecule has 2 rings (SSSR count). The SMILES string of the molecule is CC(C)CC(NCc1cccc(-c2ccccn2)c1)C(=O)O. The van der Waals surface area contributed by atoms with Gasteiger partial charge in [-0.15, -0.1) is 0 Å². The predicted molar refractivity (Wildman–Crippen MR) is 87.4 cm³/mol. The van der Waals surface area contributed by atoms with Gasteiger partial charge in [-0.25, -0.2) is 0 Å². The molecule has 1 atom stereocenters. The Kier molecular flexibility index (Phi) is 5.67. The molecule has 0 spiro atoms. The zero-order chi connectivity index (χ0) is 15.9. The van der Waals surface area contributed by atoms with Crippen molar-refractivity contribution in [2.75, 3.05) is 0 Å². The Morgan fingerprint density at radius 2 is 2.05 bits per heavy atom. The Hall–Kier alpha value is -2.20. The van der Waals surface area contributed by atoms with E-state index in [0.29, 0.717) is 18.9 Å². The normalized spacial score (nSPS) is 12.3. The summed E-state index contributed by atoms with van der Waals surface area (Å²) < 4.78 is 0. The standard InChI is InChI=1S/C18H22N2O2/c1-13(2)10-17(18(21)22)20-12-14-6-5-7-15(11-14)16-8-3-4-9-19-16/h3-9,11,13,17,20H,10,12H2,1-2H3,(H,21,22). The van der Waals surface area contributed by atoms with Crippen molar-refractivity contribution >= 4 is 5.97 Å². The Morgan fingerprint density at radius 1 is 1.23 bits per heavy atom. The molecule has 2 aromatic rings.